The van der Waals surface area contributed by atoms with E-state index < -0.39 is 11.6 Å². The van der Waals surface area contributed by atoms with Gasteiger partial charge < -0.3 is 10.6 Å². The molecule has 4 rings (SSSR count). The van der Waals surface area contributed by atoms with Crippen LogP contribution in [0.5, 0.6) is 0 Å². The summed E-state index contributed by atoms with van der Waals surface area (Å²) in [6.45, 7) is 0. The molecule has 2 N–H and O–H groups in total. The Morgan fingerprint density at radius 1 is 0.958 bits per heavy atom. The second kappa shape index (κ2) is 6.34. The van der Waals surface area contributed by atoms with Gasteiger partial charge in [-0.2, -0.15) is 4.98 Å². The molecular weight excluding hydrogens is 310 g/mol. The fourth-order valence-corrected chi connectivity index (χ4v) is 3.16. The second-order valence-corrected chi connectivity index (χ2v) is 6.65. The van der Waals surface area contributed by atoms with E-state index >= 15 is 0 Å². The number of nitrogens with one attached hydrogen (secondary N) is 2. The fraction of sp³-hybridized carbons (Fsp3) is 0.444. The summed E-state index contributed by atoms with van der Waals surface area (Å²) in [6, 6.07) is 5.75. The Hall–Kier alpha value is -2.24. The molecule has 126 valence electrons. The Bertz CT molecular complexity index is 740. The number of anilines is 3. The van der Waals surface area contributed by atoms with Crippen LogP contribution in [0.25, 0.3) is 0 Å². The molecule has 0 unspecified atom stereocenters. The highest BCUT2D eigenvalue weighted by Crippen LogP contribution is 2.40. The number of nitrogens with zero attached hydrogens (tertiary/aromatic N) is 2. The molecule has 24 heavy (non-hydrogen) atoms. The van der Waals surface area contributed by atoms with Gasteiger partial charge in [-0.25, -0.2) is 13.8 Å². The van der Waals surface area contributed by atoms with Gasteiger partial charge in [0.05, 0.1) is 11.4 Å². The summed E-state index contributed by atoms with van der Waals surface area (Å²) < 4.78 is 26.9. The first kappa shape index (κ1) is 15.3. The molecule has 0 saturated heterocycles. The number of rotatable bonds is 5. The van der Waals surface area contributed by atoms with Gasteiger partial charge in [0.1, 0.15) is 17.5 Å². The Kier molecular flexibility index (Phi) is 4.04. The summed E-state index contributed by atoms with van der Waals surface area (Å²) in [5, 5.41) is 6.35. The third-order valence-corrected chi connectivity index (χ3v) is 4.62. The lowest BCUT2D eigenvalue weighted by atomic mass is 10.2. The van der Waals surface area contributed by atoms with Crippen molar-refractivity contribution in [2.75, 3.05) is 10.6 Å². The molecule has 4 nitrogen and oxygen atoms in total. The molecule has 6 heteroatoms. The van der Waals surface area contributed by atoms with E-state index in [9.17, 15) is 8.78 Å². The van der Waals surface area contributed by atoms with Crippen molar-refractivity contribution in [1.29, 1.82) is 0 Å². The lowest BCUT2D eigenvalue weighted by Crippen LogP contribution is -2.17. The molecule has 0 amide bonds. The van der Waals surface area contributed by atoms with Gasteiger partial charge in [-0.05, 0) is 37.8 Å². The zero-order valence-corrected chi connectivity index (χ0v) is 13.4. The minimum atomic E-state index is -0.633. The standard InChI is InChI=1S/C18H20F2N4/c19-12-7-8-15(14(20)9-12)22-17-10-16(11-5-6-11)23-18(24-17)21-13-3-1-2-4-13/h7-11,13H,1-6H2,(H2,21,22,23,24). The van der Waals surface area contributed by atoms with Crippen LogP contribution in [0.4, 0.5) is 26.2 Å². The number of aromatic nitrogens is 2. The summed E-state index contributed by atoms with van der Waals surface area (Å²) in [5.41, 5.74) is 1.19. The highest BCUT2D eigenvalue weighted by Gasteiger charge is 2.27. The van der Waals surface area contributed by atoms with Crippen molar-refractivity contribution in [1.82, 2.24) is 9.97 Å². The van der Waals surface area contributed by atoms with Crippen LogP contribution in [0.1, 0.15) is 50.1 Å². The number of halogens is 2. The largest absolute Gasteiger partial charge is 0.351 e. The molecule has 0 bridgehead atoms. The van der Waals surface area contributed by atoms with E-state index in [0.717, 1.165) is 37.4 Å². The topological polar surface area (TPSA) is 49.8 Å². The van der Waals surface area contributed by atoms with Crippen LogP contribution in [-0.2, 0) is 0 Å². The van der Waals surface area contributed by atoms with Crippen molar-refractivity contribution in [2.24, 2.45) is 0 Å². The summed E-state index contributed by atoms with van der Waals surface area (Å²) >= 11 is 0. The molecule has 0 spiro atoms. The van der Waals surface area contributed by atoms with Crippen LogP contribution in [0.3, 0.4) is 0 Å². The van der Waals surface area contributed by atoms with Crippen molar-refractivity contribution in [3.05, 3.63) is 41.6 Å². The first-order valence-corrected chi connectivity index (χ1v) is 8.55. The first-order valence-electron chi connectivity index (χ1n) is 8.55. The maximum atomic E-state index is 13.9. The van der Waals surface area contributed by atoms with Gasteiger partial charge in [0, 0.05) is 24.1 Å². The Morgan fingerprint density at radius 2 is 1.75 bits per heavy atom. The molecule has 1 aromatic heterocycles. The van der Waals surface area contributed by atoms with Gasteiger partial charge in [-0.1, -0.05) is 12.8 Å². The molecule has 2 fully saturated rings. The van der Waals surface area contributed by atoms with E-state index in [0.29, 0.717) is 23.7 Å². The van der Waals surface area contributed by atoms with Crippen LogP contribution < -0.4 is 10.6 Å². The average Bonchev–Trinajstić information content (AvgIpc) is 3.29. The first-order chi connectivity index (χ1) is 11.7. The smallest absolute Gasteiger partial charge is 0.225 e. The minimum Gasteiger partial charge on any atom is -0.351 e. The Balaban J connectivity index is 1.59. The normalized spacial score (nSPS) is 17.9. The molecular formula is C18H20F2N4. The van der Waals surface area contributed by atoms with Gasteiger partial charge in [0.25, 0.3) is 0 Å². The molecule has 2 aliphatic rings. The van der Waals surface area contributed by atoms with Crippen LogP contribution >= 0.6 is 0 Å². The van der Waals surface area contributed by atoms with Crippen molar-refractivity contribution >= 4 is 17.5 Å². The number of hydrogen-bond acceptors (Lipinski definition) is 4. The van der Waals surface area contributed by atoms with E-state index in [2.05, 4.69) is 20.6 Å². The van der Waals surface area contributed by atoms with Crippen molar-refractivity contribution in [2.45, 2.75) is 50.5 Å². The van der Waals surface area contributed by atoms with Gasteiger partial charge in [0.15, 0.2) is 0 Å². The second-order valence-electron chi connectivity index (χ2n) is 6.65. The third-order valence-electron chi connectivity index (χ3n) is 4.62. The van der Waals surface area contributed by atoms with E-state index in [1.807, 2.05) is 6.07 Å². The summed E-state index contributed by atoms with van der Waals surface area (Å²) in [5.74, 6) is 0.375. The highest BCUT2D eigenvalue weighted by atomic mass is 19.1. The van der Waals surface area contributed by atoms with Gasteiger partial charge in [0.2, 0.25) is 5.95 Å². The summed E-state index contributed by atoms with van der Waals surface area (Å²) in [4.78, 5) is 9.09. The molecule has 2 aliphatic carbocycles. The summed E-state index contributed by atoms with van der Waals surface area (Å²) in [6.07, 6.45) is 6.98. The maximum Gasteiger partial charge on any atom is 0.225 e. The molecule has 2 saturated carbocycles. The van der Waals surface area contributed by atoms with E-state index in [4.69, 9.17) is 0 Å². The molecule has 0 radical (unpaired) electrons. The molecule has 0 aliphatic heterocycles. The van der Waals surface area contributed by atoms with Crippen molar-refractivity contribution < 1.29 is 8.78 Å². The van der Waals surface area contributed by atoms with Crippen molar-refractivity contribution in [3.8, 4) is 0 Å². The molecule has 1 aromatic carbocycles. The lowest BCUT2D eigenvalue weighted by molar-refractivity contribution is 0.586. The van der Waals surface area contributed by atoms with Crippen LogP contribution in [0, 0.1) is 11.6 Å². The van der Waals surface area contributed by atoms with Crippen LogP contribution in [0.2, 0.25) is 0 Å². The highest BCUT2D eigenvalue weighted by molar-refractivity contribution is 5.58. The number of hydrogen-bond donors (Lipinski definition) is 2. The lowest BCUT2D eigenvalue weighted by Gasteiger charge is -2.15. The quantitative estimate of drug-likeness (QED) is 0.832. The fourth-order valence-electron chi connectivity index (χ4n) is 3.16. The Morgan fingerprint density at radius 3 is 2.46 bits per heavy atom. The van der Waals surface area contributed by atoms with E-state index in [-0.39, 0.29) is 5.69 Å². The van der Waals surface area contributed by atoms with E-state index in [1.54, 1.807) is 0 Å². The molecule has 0 atom stereocenters. The molecule has 1 heterocycles. The summed E-state index contributed by atoms with van der Waals surface area (Å²) in [7, 11) is 0. The van der Waals surface area contributed by atoms with Crippen LogP contribution in [0.15, 0.2) is 24.3 Å². The Labute approximate surface area is 139 Å². The minimum absolute atomic E-state index is 0.212. The average molecular weight is 330 g/mol. The maximum absolute atomic E-state index is 13.9. The van der Waals surface area contributed by atoms with Crippen LogP contribution in [-0.4, -0.2) is 16.0 Å². The van der Waals surface area contributed by atoms with E-state index in [1.165, 1.54) is 25.0 Å². The molecule has 2 aromatic rings. The van der Waals surface area contributed by atoms with Gasteiger partial charge >= 0.3 is 0 Å². The zero-order chi connectivity index (χ0) is 16.5. The van der Waals surface area contributed by atoms with Gasteiger partial charge in [-0.3, -0.25) is 0 Å². The number of benzene rings is 1. The third kappa shape index (κ3) is 3.47. The predicted molar refractivity (Wildman–Crippen MR) is 89.5 cm³/mol. The van der Waals surface area contributed by atoms with Crippen molar-refractivity contribution in [3.63, 3.8) is 0 Å². The SMILES string of the molecule is Fc1ccc(Nc2cc(C3CC3)nc(NC3CCCC3)n2)c(F)c1. The zero-order valence-electron chi connectivity index (χ0n) is 13.4. The predicted octanol–water partition coefficient (Wildman–Crippen LogP) is 4.73. The monoisotopic (exact) mass is 330 g/mol. The van der Waals surface area contributed by atoms with Gasteiger partial charge in [-0.15, -0.1) is 0 Å².